The number of nitrogens with one attached hydrogen (secondary N) is 1. The Morgan fingerprint density at radius 3 is 2.64 bits per heavy atom. The molecular formula is C11H22N2O. The first-order chi connectivity index (χ1) is 6.66. The number of hydrogen-bond donors (Lipinski definition) is 2. The number of amides is 1. The van der Waals surface area contributed by atoms with E-state index in [2.05, 4.69) is 12.2 Å². The Morgan fingerprint density at radius 2 is 2.07 bits per heavy atom. The van der Waals surface area contributed by atoms with E-state index in [1.165, 1.54) is 12.8 Å². The molecule has 1 rings (SSSR count). The third-order valence-corrected chi connectivity index (χ3v) is 2.96. The van der Waals surface area contributed by atoms with Gasteiger partial charge in [-0.25, -0.2) is 0 Å². The molecule has 0 bridgehead atoms. The summed E-state index contributed by atoms with van der Waals surface area (Å²) in [4.78, 5) is 11.5. The zero-order chi connectivity index (χ0) is 10.4. The van der Waals surface area contributed by atoms with Crippen LogP contribution in [0.5, 0.6) is 0 Å². The second kappa shape index (κ2) is 5.35. The molecule has 0 atom stereocenters. The van der Waals surface area contributed by atoms with Crippen molar-refractivity contribution in [2.45, 2.75) is 57.4 Å². The first-order valence-electron chi connectivity index (χ1n) is 5.72. The van der Waals surface area contributed by atoms with Crippen LogP contribution < -0.4 is 11.1 Å². The number of carbonyl (C=O) groups excluding carboxylic acids is 1. The minimum Gasteiger partial charge on any atom is -0.356 e. The Morgan fingerprint density at radius 1 is 1.43 bits per heavy atom. The normalized spacial score (nSPS) is 19.6. The van der Waals surface area contributed by atoms with E-state index in [9.17, 15) is 4.79 Å². The summed E-state index contributed by atoms with van der Waals surface area (Å²) in [5.74, 6) is 0.128. The van der Waals surface area contributed by atoms with Crippen molar-refractivity contribution in [2.75, 3.05) is 6.54 Å². The Bertz CT molecular complexity index is 186. The van der Waals surface area contributed by atoms with Crippen LogP contribution in [0.3, 0.4) is 0 Å². The largest absolute Gasteiger partial charge is 0.356 e. The van der Waals surface area contributed by atoms with E-state index in [1.54, 1.807) is 0 Å². The van der Waals surface area contributed by atoms with Gasteiger partial charge in [0.05, 0.1) is 0 Å². The van der Waals surface area contributed by atoms with E-state index < -0.39 is 0 Å². The van der Waals surface area contributed by atoms with Crippen molar-refractivity contribution in [3.63, 3.8) is 0 Å². The predicted octanol–water partition coefficient (Wildman–Crippen LogP) is 1.56. The van der Waals surface area contributed by atoms with Gasteiger partial charge < -0.3 is 11.1 Å². The van der Waals surface area contributed by atoms with E-state index in [0.717, 1.165) is 32.2 Å². The lowest BCUT2D eigenvalue weighted by Crippen LogP contribution is -2.42. The lowest BCUT2D eigenvalue weighted by molar-refractivity contribution is -0.122. The van der Waals surface area contributed by atoms with Gasteiger partial charge in [-0.2, -0.15) is 0 Å². The molecule has 0 aromatic heterocycles. The predicted molar refractivity (Wildman–Crippen MR) is 57.9 cm³/mol. The van der Waals surface area contributed by atoms with Crippen LogP contribution in [-0.4, -0.2) is 18.0 Å². The highest BCUT2D eigenvalue weighted by atomic mass is 16.1. The van der Waals surface area contributed by atoms with E-state index in [0.29, 0.717) is 6.42 Å². The molecule has 1 amide bonds. The number of carbonyl (C=O) groups is 1. The Kier molecular flexibility index (Phi) is 4.39. The summed E-state index contributed by atoms with van der Waals surface area (Å²) in [6.07, 6.45) is 7.06. The molecule has 1 fully saturated rings. The van der Waals surface area contributed by atoms with Crippen molar-refractivity contribution < 1.29 is 4.79 Å². The van der Waals surface area contributed by atoms with Gasteiger partial charge in [-0.1, -0.05) is 26.2 Å². The number of hydrogen-bond acceptors (Lipinski definition) is 2. The van der Waals surface area contributed by atoms with Gasteiger partial charge in [0, 0.05) is 18.5 Å². The summed E-state index contributed by atoms with van der Waals surface area (Å²) in [6, 6.07) is 0. The summed E-state index contributed by atoms with van der Waals surface area (Å²) < 4.78 is 0. The van der Waals surface area contributed by atoms with Crippen LogP contribution in [0, 0.1) is 0 Å². The van der Waals surface area contributed by atoms with E-state index in [1.807, 2.05) is 0 Å². The van der Waals surface area contributed by atoms with Crippen LogP contribution in [-0.2, 0) is 4.79 Å². The highest BCUT2D eigenvalue weighted by Gasteiger charge is 2.31. The van der Waals surface area contributed by atoms with Gasteiger partial charge in [-0.15, -0.1) is 0 Å². The molecule has 0 saturated heterocycles. The molecule has 0 unspecified atom stereocenters. The number of unbranched alkanes of at least 4 members (excludes halogenated alkanes) is 1. The van der Waals surface area contributed by atoms with Crippen molar-refractivity contribution in [1.82, 2.24) is 5.32 Å². The van der Waals surface area contributed by atoms with Crippen LogP contribution in [0.1, 0.15) is 51.9 Å². The average Bonchev–Trinajstić information content (AvgIpc) is 2.52. The molecule has 1 saturated carbocycles. The van der Waals surface area contributed by atoms with Gasteiger partial charge in [0.25, 0.3) is 0 Å². The average molecular weight is 198 g/mol. The fraction of sp³-hybridized carbons (Fsp3) is 0.909. The van der Waals surface area contributed by atoms with Crippen molar-refractivity contribution in [1.29, 1.82) is 0 Å². The molecule has 1 aliphatic carbocycles. The molecule has 1 aliphatic rings. The Hall–Kier alpha value is -0.570. The molecule has 3 heteroatoms. The number of rotatable bonds is 5. The lowest BCUT2D eigenvalue weighted by Gasteiger charge is -2.22. The van der Waals surface area contributed by atoms with Crippen molar-refractivity contribution in [3.05, 3.63) is 0 Å². The van der Waals surface area contributed by atoms with Crippen LogP contribution in [0.4, 0.5) is 0 Å². The molecule has 0 aromatic rings. The third kappa shape index (κ3) is 3.66. The summed E-state index contributed by atoms with van der Waals surface area (Å²) in [6.45, 7) is 2.92. The van der Waals surface area contributed by atoms with Crippen LogP contribution in [0.25, 0.3) is 0 Å². The monoisotopic (exact) mass is 198 g/mol. The molecule has 3 N–H and O–H groups in total. The van der Waals surface area contributed by atoms with Gasteiger partial charge in [0.15, 0.2) is 0 Å². The third-order valence-electron chi connectivity index (χ3n) is 2.96. The molecule has 0 heterocycles. The molecular weight excluding hydrogens is 176 g/mol. The first kappa shape index (κ1) is 11.5. The Balaban J connectivity index is 2.19. The molecule has 14 heavy (non-hydrogen) atoms. The first-order valence-corrected chi connectivity index (χ1v) is 5.72. The molecule has 0 aromatic carbocycles. The molecule has 82 valence electrons. The molecule has 0 aliphatic heterocycles. The maximum absolute atomic E-state index is 11.5. The van der Waals surface area contributed by atoms with Gasteiger partial charge in [0.2, 0.25) is 5.91 Å². The zero-order valence-corrected chi connectivity index (χ0v) is 9.14. The number of nitrogens with two attached hydrogens (primary N) is 1. The standard InChI is InChI=1S/C11H22N2O/c1-2-3-8-13-10(14)9-11(12)6-4-5-7-11/h2-9,12H2,1H3,(H,13,14). The topological polar surface area (TPSA) is 55.1 Å². The second-order valence-corrected chi connectivity index (χ2v) is 4.45. The van der Waals surface area contributed by atoms with Crippen LogP contribution >= 0.6 is 0 Å². The summed E-state index contributed by atoms with van der Waals surface area (Å²) >= 11 is 0. The fourth-order valence-corrected chi connectivity index (χ4v) is 2.04. The minimum atomic E-state index is -0.198. The van der Waals surface area contributed by atoms with Gasteiger partial charge in [-0.3, -0.25) is 4.79 Å². The Labute approximate surface area is 86.4 Å². The highest BCUT2D eigenvalue weighted by Crippen LogP contribution is 2.29. The molecule has 0 spiro atoms. The quantitative estimate of drug-likeness (QED) is 0.659. The summed E-state index contributed by atoms with van der Waals surface area (Å²) in [5, 5.41) is 2.92. The van der Waals surface area contributed by atoms with E-state index >= 15 is 0 Å². The summed E-state index contributed by atoms with van der Waals surface area (Å²) in [7, 11) is 0. The van der Waals surface area contributed by atoms with Gasteiger partial charge >= 0.3 is 0 Å². The minimum absolute atomic E-state index is 0.128. The smallest absolute Gasteiger partial charge is 0.221 e. The van der Waals surface area contributed by atoms with Crippen molar-refractivity contribution >= 4 is 5.91 Å². The highest BCUT2D eigenvalue weighted by molar-refractivity contribution is 5.77. The van der Waals surface area contributed by atoms with Crippen molar-refractivity contribution in [2.24, 2.45) is 5.73 Å². The molecule has 0 radical (unpaired) electrons. The maximum Gasteiger partial charge on any atom is 0.221 e. The fourth-order valence-electron chi connectivity index (χ4n) is 2.04. The second-order valence-electron chi connectivity index (χ2n) is 4.45. The van der Waals surface area contributed by atoms with Crippen LogP contribution in [0.2, 0.25) is 0 Å². The molecule has 3 nitrogen and oxygen atoms in total. The van der Waals surface area contributed by atoms with Gasteiger partial charge in [0.1, 0.15) is 0 Å². The SMILES string of the molecule is CCCCNC(=O)CC1(N)CCCC1. The van der Waals surface area contributed by atoms with Crippen molar-refractivity contribution in [3.8, 4) is 0 Å². The van der Waals surface area contributed by atoms with Gasteiger partial charge in [-0.05, 0) is 19.3 Å². The van der Waals surface area contributed by atoms with Crippen LogP contribution in [0.15, 0.2) is 0 Å². The van der Waals surface area contributed by atoms with E-state index in [-0.39, 0.29) is 11.4 Å². The van der Waals surface area contributed by atoms with E-state index in [4.69, 9.17) is 5.73 Å². The lowest BCUT2D eigenvalue weighted by atomic mass is 9.94. The zero-order valence-electron chi connectivity index (χ0n) is 9.14. The maximum atomic E-state index is 11.5. The summed E-state index contributed by atoms with van der Waals surface area (Å²) in [5.41, 5.74) is 5.91.